The molecule has 0 saturated heterocycles. The van der Waals surface area contributed by atoms with Gasteiger partial charge in [-0.3, -0.25) is 10.9 Å². The van der Waals surface area contributed by atoms with Crippen LogP contribution in [-0.4, -0.2) is 21.6 Å². The minimum Gasteiger partial charge on any atom is -0.375 e. The highest BCUT2D eigenvalue weighted by Gasteiger charge is 2.01. The molecule has 0 atom stereocenters. The monoisotopic (exact) mass is 246 g/mol. The number of nitrogens with two attached hydrogens (primary N) is 2. The van der Waals surface area contributed by atoms with Crippen LogP contribution in [0.5, 0.6) is 0 Å². The Bertz CT molecular complexity index is 309. The maximum absolute atomic E-state index is 5.23. The summed E-state index contributed by atoms with van der Waals surface area (Å²) in [6.07, 6.45) is 0.684. The molecule has 15 heavy (non-hydrogen) atoms. The molecule has 0 heterocycles. The van der Waals surface area contributed by atoms with E-state index in [9.17, 15) is 0 Å². The predicted molar refractivity (Wildman–Crippen MR) is 70.7 cm³/mol. The van der Waals surface area contributed by atoms with E-state index in [1.165, 1.54) is 0 Å². The van der Waals surface area contributed by atoms with Gasteiger partial charge in [-0.1, -0.05) is 6.92 Å². The summed E-state index contributed by atoms with van der Waals surface area (Å²) >= 11 is 9.22. The first-order valence-corrected chi connectivity index (χ1v) is 5.01. The Balaban J connectivity index is 4.51. The standard InChI is InChI=1S/C7H14N6S2/c1-3-5(11-13-7(9)15)4(2)10-12-6(8)14/h3H2,1-2H3,(H3,8,12,14)(H3,9,13,15)/b10-4-,11-5+. The van der Waals surface area contributed by atoms with Crippen molar-refractivity contribution in [2.45, 2.75) is 20.3 Å². The Hall–Kier alpha value is -1.28. The van der Waals surface area contributed by atoms with Crippen LogP contribution in [0.1, 0.15) is 20.3 Å². The number of nitrogens with one attached hydrogen (secondary N) is 2. The molecule has 0 amide bonds. The Morgan fingerprint density at radius 2 is 1.60 bits per heavy atom. The molecule has 0 radical (unpaired) electrons. The largest absolute Gasteiger partial charge is 0.375 e. The van der Waals surface area contributed by atoms with Gasteiger partial charge in [0.15, 0.2) is 10.2 Å². The van der Waals surface area contributed by atoms with Crippen LogP contribution in [-0.2, 0) is 0 Å². The van der Waals surface area contributed by atoms with Crippen LogP contribution in [0.3, 0.4) is 0 Å². The van der Waals surface area contributed by atoms with Gasteiger partial charge < -0.3 is 11.5 Å². The molecule has 6 nitrogen and oxygen atoms in total. The first kappa shape index (κ1) is 13.7. The zero-order valence-electron chi connectivity index (χ0n) is 8.57. The van der Waals surface area contributed by atoms with Gasteiger partial charge in [-0.05, 0) is 37.8 Å². The van der Waals surface area contributed by atoms with E-state index in [4.69, 9.17) is 11.5 Å². The van der Waals surface area contributed by atoms with Crippen molar-refractivity contribution in [3.8, 4) is 0 Å². The number of hydrogen-bond donors (Lipinski definition) is 4. The second kappa shape index (κ2) is 7.07. The predicted octanol–water partition coefficient (Wildman–Crippen LogP) is -0.205. The number of thiocarbonyl (C=S) groups is 2. The second-order valence-corrected chi connectivity index (χ2v) is 3.44. The minimum atomic E-state index is 0.104. The molecule has 0 rings (SSSR count). The molecule has 0 fully saturated rings. The lowest BCUT2D eigenvalue weighted by atomic mass is 10.2. The zero-order valence-corrected chi connectivity index (χ0v) is 10.2. The fourth-order valence-electron chi connectivity index (χ4n) is 0.742. The van der Waals surface area contributed by atoms with Gasteiger partial charge in [0.25, 0.3) is 0 Å². The van der Waals surface area contributed by atoms with Crippen molar-refractivity contribution in [1.29, 1.82) is 0 Å². The maximum atomic E-state index is 5.23. The van der Waals surface area contributed by atoms with Crippen molar-refractivity contribution in [2.75, 3.05) is 0 Å². The fraction of sp³-hybridized carbons (Fsp3) is 0.429. The van der Waals surface area contributed by atoms with E-state index in [-0.39, 0.29) is 10.2 Å². The fourth-order valence-corrected chi connectivity index (χ4v) is 0.833. The van der Waals surface area contributed by atoms with Crippen molar-refractivity contribution in [3.63, 3.8) is 0 Å². The van der Waals surface area contributed by atoms with Crippen LogP contribution in [0.2, 0.25) is 0 Å². The van der Waals surface area contributed by atoms with Gasteiger partial charge in [0, 0.05) is 0 Å². The van der Waals surface area contributed by atoms with Gasteiger partial charge in [-0.25, -0.2) is 0 Å². The van der Waals surface area contributed by atoms with E-state index in [1.54, 1.807) is 6.92 Å². The van der Waals surface area contributed by atoms with Crippen molar-refractivity contribution in [2.24, 2.45) is 21.7 Å². The summed E-state index contributed by atoms with van der Waals surface area (Å²) in [4.78, 5) is 0. The quantitative estimate of drug-likeness (QED) is 0.311. The Morgan fingerprint density at radius 3 is 2.00 bits per heavy atom. The van der Waals surface area contributed by atoms with Gasteiger partial charge in [0.2, 0.25) is 0 Å². The molecule has 0 aromatic carbocycles. The lowest BCUT2D eigenvalue weighted by Crippen LogP contribution is -2.29. The summed E-state index contributed by atoms with van der Waals surface area (Å²) in [5.74, 6) is 0. The lowest BCUT2D eigenvalue weighted by Gasteiger charge is -2.04. The summed E-state index contributed by atoms with van der Waals surface area (Å²) in [6, 6.07) is 0. The molecule has 0 saturated carbocycles. The third-order valence-electron chi connectivity index (χ3n) is 1.39. The van der Waals surface area contributed by atoms with E-state index >= 15 is 0 Å². The van der Waals surface area contributed by atoms with Crippen LogP contribution < -0.4 is 22.3 Å². The van der Waals surface area contributed by atoms with Crippen molar-refractivity contribution < 1.29 is 0 Å². The number of nitrogens with zero attached hydrogens (tertiary/aromatic N) is 2. The number of hydrazone groups is 2. The summed E-state index contributed by atoms with van der Waals surface area (Å²) in [6.45, 7) is 3.70. The molecule has 0 aromatic heterocycles. The first-order chi connectivity index (χ1) is 6.97. The normalized spacial score (nSPS) is 12.1. The summed E-state index contributed by atoms with van der Waals surface area (Å²) in [7, 11) is 0. The van der Waals surface area contributed by atoms with Crippen LogP contribution in [0.25, 0.3) is 0 Å². The van der Waals surface area contributed by atoms with E-state index in [0.717, 1.165) is 0 Å². The Labute approximate surface area is 99.2 Å². The molecular formula is C7H14N6S2. The van der Waals surface area contributed by atoms with Crippen molar-refractivity contribution in [1.82, 2.24) is 10.9 Å². The average molecular weight is 246 g/mol. The molecular weight excluding hydrogens is 232 g/mol. The maximum Gasteiger partial charge on any atom is 0.184 e. The molecule has 84 valence electrons. The van der Waals surface area contributed by atoms with Crippen LogP contribution in [0, 0.1) is 0 Å². The van der Waals surface area contributed by atoms with Crippen LogP contribution in [0.4, 0.5) is 0 Å². The summed E-state index contributed by atoms with van der Waals surface area (Å²) < 4.78 is 0. The minimum absolute atomic E-state index is 0.104. The molecule has 0 bridgehead atoms. The highest BCUT2D eigenvalue weighted by Crippen LogP contribution is 1.89. The van der Waals surface area contributed by atoms with E-state index in [0.29, 0.717) is 17.8 Å². The Kier molecular flexibility index (Phi) is 6.47. The van der Waals surface area contributed by atoms with E-state index in [1.807, 2.05) is 6.92 Å². The van der Waals surface area contributed by atoms with Crippen LogP contribution in [0.15, 0.2) is 10.2 Å². The smallest absolute Gasteiger partial charge is 0.184 e. The molecule has 0 aliphatic carbocycles. The number of rotatable bonds is 4. The highest BCUT2D eigenvalue weighted by molar-refractivity contribution is 7.80. The Morgan fingerprint density at radius 1 is 1.13 bits per heavy atom. The molecule has 6 N–H and O–H groups in total. The van der Waals surface area contributed by atoms with Gasteiger partial charge in [-0.2, -0.15) is 10.2 Å². The highest BCUT2D eigenvalue weighted by atomic mass is 32.1. The van der Waals surface area contributed by atoms with Crippen molar-refractivity contribution >= 4 is 46.1 Å². The van der Waals surface area contributed by atoms with Gasteiger partial charge in [0.1, 0.15) is 0 Å². The van der Waals surface area contributed by atoms with E-state index < -0.39 is 0 Å². The van der Waals surface area contributed by atoms with Gasteiger partial charge in [-0.15, -0.1) is 0 Å². The summed E-state index contributed by atoms with van der Waals surface area (Å²) in [5, 5.41) is 8.09. The van der Waals surface area contributed by atoms with Gasteiger partial charge >= 0.3 is 0 Å². The molecule has 0 aromatic rings. The molecule has 8 heteroatoms. The van der Waals surface area contributed by atoms with Crippen LogP contribution >= 0.6 is 24.4 Å². The topological polar surface area (TPSA) is 101 Å². The first-order valence-electron chi connectivity index (χ1n) is 4.19. The van der Waals surface area contributed by atoms with E-state index in [2.05, 4.69) is 45.5 Å². The average Bonchev–Trinajstić information content (AvgIpc) is 2.15. The third-order valence-corrected chi connectivity index (χ3v) is 1.57. The molecule has 0 aliphatic heterocycles. The summed E-state index contributed by atoms with van der Waals surface area (Å²) in [5.41, 5.74) is 16.8. The second-order valence-electron chi connectivity index (χ2n) is 2.56. The SMILES string of the molecule is CCC(=N\NC(N)=S)/C(C)=N\NC(N)=S. The van der Waals surface area contributed by atoms with Gasteiger partial charge in [0.05, 0.1) is 11.4 Å². The number of hydrogen-bond acceptors (Lipinski definition) is 4. The van der Waals surface area contributed by atoms with Crippen molar-refractivity contribution in [3.05, 3.63) is 0 Å². The zero-order chi connectivity index (χ0) is 11.8. The third kappa shape index (κ3) is 6.75. The lowest BCUT2D eigenvalue weighted by molar-refractivity contribution is 1.01. The molecule has 0 unspecified atom stereocenters. The molecule has 0 aliphatic rings. The molecule has 0 spiro atoms.